The van der Waals surface area contributed by atoms with Crippen LogP contribution < -0.4 is 4.90 Å². The van der Waals surface area contributed by atoms with E-state index < -0.39 is 0 Å². The van der Waals surface area contributed by atoms with Gasteiger partial charge in [-0.05, 0) is 88.5 Å². The number of hydrogen-bond donors (Lipinski definition) is 0. The molecule has 2 nitrogen and oxygen atoms in total. The summed E-state index contributed by atoms with van der Waals surface area (Å²) in [5.41, 5.74) is 12.0. The van der Waals surface area contributed by atoms with Crippen LogP contribution in [0.5, 0.6) is 0 Å². The predicted octanol–water partition coefficient (Wildman–Crippen LogP) is 10.8. The average Bonchev–Trinajstić information content (AvgIpc) is 2.94. The summed E-state index contributed by atoms with van der Waals surface area (Å²) in [6, 6.07) is 39.6. The normalized spacial score (nSPS) is 11.9. The van der Waals surface area contributed by atoms with Crippen LogP contribution in [0.3, 0.4) is 0 Å². The molecule has 5 aromatic rings. The van der Waals surface area contributed by atoms with Crippen LogP contribution in [0.2, 0.25) is 0 Å². The predicted molar refractivity (Wildman–Crippen MR) is 172 cm³/mol. The molecule has 0 bridgehead atoms. The van der Waals surface area contributed by atoms with Gasteiger partial charge in [0.2, 0.25) is 0 Å². The number of aryl methyl sites for hydroxylation is 1. The monoisotopic (exact) mass is 524 g/mol. The molecule has 0 fully saturated rings. The number of hydrogen-bond acceptors (Lipinski definition) is 2. The standard InChI is InChI=1S/C38H40N2/c1-27-8-10-29(11-9-27)36-26-30(24-25-39-36)28-12-18-33(19-13-28)40(34-20-14-31(15-21-34)37(2,3)4)35-22-16-32(17-23-35)38(5,6)7/h8-26H,1-7H3. The Morgan fingerprint density at radius 1 is 0.475 bits per heavy atom. The molecule has 2 heteroatoms. The first-order chi connectivity index (χ1) is 19.0. The Labute approximate surface area is 240 Å². The molecule has 0 atom stereocenters. The maximum absolute atomic E-state index is 4.63. The molecule has 0 saturated heterocycles. The van der Waals surface area contributed by atoms with Gasteiger partial charge in [0, 0.05) is 28.8 Å². The molecule has 1 aromatic heterocycles. The lowest BCUT2D eigenvalue weighted by Crippen LogP contribution is -2.14. The van der Waals surface area contributed by atoms with Gasteiger partial charge in [-0.3, -0.25) is 4.98 Å². The molecule has 0 spiro atoms. The van der Waals surface area contributed by atoms with Crippen molar-refractivity contribution in [3.63, 3.8) is 0 Å². The summed E-state index contributed by atoms with van der Waals surface area (Å²) < 4.78 is 0. The quantitative estimate of drug-likeness (QED) is 0.227. The van der Waals surface area contributed by atoms with E-state index in [0.717, 1.165) is 33.9 Å². The SMILES string of the molecule is Cc1ccc(-c2cc(-c3ccc(N(c4ccc(C(C)(C)C)cc4)c4ccc(C(C)(C)C)cc4)cc3)ccn2)cc1. The number of anilines is 3. The fourth-order valence-corrected chi connectivity index (χ4v) is 4.96. The molecular weight excluding hydrogens is 484 g/mol. The molecule has 0 aliphatic heterocycles. The zero-order valence-corrected chi connectivity index (χ0v) is 24.9. The van der Waals surface area contributed by atoms with Gasteiger partial charge in [-0.15, -0.1) is 0 Å². The first-order valence-corrected chi connectivity index (χ1v) is 14.1. The van der Waals surface area contributed by atoms with Gasteiger partial charge in [0.1, 0.15) is 0 Å². The van der Waals surface area contributed by atoms with Gasteiger partial charge in [-0.25, -0.2) is 0 Å². The largest absolute Gasteiger partial charge is 0.311 e. The summed E-state index contributed by atoms with van der Waals surface area (Å²) >= 11 is 0. The van der Waals surface area contributed by atoms with Crippen LogP contribution >= 0.6 is 0 Å². The van der Waals surface area contributed by atoms with Crippen LogP contribution in [0.15, 0.2) is 115 Å². The zero-order chi connectivity index (χ0) is 28.5. The third kappa shape index (κ3) is 6.02. The lowest BCUT2D eigenvalue weighted by molar-refractivity contribution is 0.590. The number of aromatic nitrogens is 1. The lowest BCUT2D eigenvalue weighted by atomic mass is 9.86. The highest BCUT2D eigenvalue weighted by Gasteiger charge is 2.18. The molecular formula is C38H40N2. The van der Waals surface area contributed by atoms with Crippen LogP contribution in [-0.2, 0) is 10.8 Å². The van der Waals surface area contributed by atoms with Crippen LogP contribution in [-0.4, -0.2) is 4.98 Å². The summed E-state index contributed by atoms with van der Waals surface area (Å²) in [5.74, 6) is 0. The smallest absolute Gasteiger partial charge is 0.0708 e. The van der Waals surface area contributed by atoms with Crippen molar-refractivity contribution in [3.8, 4) is 22.4 Å². The van der Waals surface area contributed by atoms with Crippen molar-refractivity contribution >= 4 is 17.1 Å². The maximum atomic E-state index is 4.63. The minimum Gasteiger partial charge on any atom is -0.311 e. The van der Waals surface area contributed by atoms with Crippen molar-refractivity contribution in [3.05, 3.63) is 132 Å². The Bertz CT molecular complexity index is 1510. The Morgan fingerprint density at radius 2 is 0.900 bits per heavy atom. The second kappa shape index (κ2) is 10.8. The molecule has 40 heavy (non-hydrogen) atoms. The van der Waals surface area contributed by atoms with E-state index in [1.165, 1.54) is 22.3 Å². The van der Waals surface area contributed by atoms with Crippen LogP contribution in [0.1, 0.15) is 58.2 Å². The van der Waals surface area contributed by atoms with Gasteiger partial charge in [0.25, 0.3) is 0 Å². The van der Waals surface area contributed by atoms with Crippen molar-refractivity contribution in [1.29, 1.82) is 0 Å². The summed E-state index contributed by atoms with van der Waals surface area (Å²) in [7, 11) is 0. The van der Waals surface area contributed by atoms with Gasteiger partial charge in [0.15, 0.2) is 0 Å². The molecule has 0 radical (unpaired) electrons. The lowest BCUT2D eigenvalue weighted by Gasteiger charge is -2.28. The minimum atomic E-state index is 0.112. The Kier molecular flexibility index (Phi) is 7.38. The Balaban J connectivity index is 1.51. The van der Waals surface area contributed by atoms with Gasteiger partial charge in [-0.1, -0.05) is 108 Å². The van der Waals surface area contributed by atoms with E-state index in [0.29, 0.717) is 0 Å². The van der Waals surface area contributed by atoms with E-state index in [4.69, 9.17) is 0 Å². The molecule has 0 unspecified atom stereocenters. The molecule has 0 aliphatic carbocycles. The van der Waals surface area contributed by atoms with E-state index >= 15 is 0 Å². The van der Waals surface area contributed by atoms with Crippen LogP contribution in [0.25, 0.3) is 22.4 Å². The summed E-state index contributed by atoms with van der Waals surface area (Å²) in [6.45, 7) is 15.6. The van der Waals surface area contributed by atoms with Crippen LogP contribution in [0.4, 0.5) is 17.1 Å². The summed E-state index contributed by atoms with van der Waals surface area (Å²) in [6.07, 6.45) is 1.90. The molecule has 0 aliphatic rings. The molecule has 1 heterocycles. The van der Waals surface area contributed by atoms with Crippen molar-refractivity contribution in [2.45, 2.75) is 59.3 Å². The molecule has 5 rings (SSSR count). The Morgan fingerprint density at radius 3 is 1.35 bits per heavy atom. The second-order valence-corrected chi connectivity index (χ2v) is 12.8. The van der Waals surface area contributed by atoms with E-state index in [1.807, 2.05) is 6.20 Å². The minimum absolute atomic E-state index is 0.112. The molecule has 0 saturated carbocycles. The van der Waals surface area contributed by atoms with E-state index in [1.54, 1.807) is 0 Å². The third-order valence-electron chi connectivity index (χ3n) is 7.55. The molecule has 4 aromatic carbocycles. The summed E-state index contributed by atoms with van der Waals surface area (Å²) in [4.78, 5) is 6.97. The van der Waals surface area contributed by atoms with Crippen molar-refractivity contribution in [2.24, 2.45) is 0 Å². The van der Waals surface area contributed by atoms with Gasteiger partial charge in [0.05, 0.1) is 5.69 Å². The van der Waals surface area contributed by atoms with Crippen molar-refractivity contribution < 1.29 is 0 Å². The highest BCUT2D eigenvalue weighted by Crippen LogP contribution is 2.38. The molecule has 0 amide bonds. The second-order valence-electron chi connectivity index (χ2n) is 12.8. The number of nitrogens with zero attached hydrogens (tertiary/aromatic N) is 2. The van der Waals surface area contributed by atoms with Gasteiger partial charge >= 0.3 is 0 Å². The van der Waals surface area contributed by atoms with Gasteiger partial charge < -0.3 is 4.90 Å². The van der Waals surface area contributed by atoms with E-state index in [-0.39, 0.29) is 10.8 Å². The van der Waals surface area contributed by atoms with Crippen molar-refractivity contribution in [1.82, 2.24) is 4.98 Å². The number of benzene rings is 4. The van der Waals surface area contributed by atoms with E-state index in [9.17, 15) is 0 Å². The fraction of sp³-hybridized carbons (Fsp3) is 0.237. The number of rotatable bonds is 5. The first-order valence-electron chi connectivity index (χ1n) is 14.1. The molecule has 202 valence electrons. The van der Waals surface area contributed by atoms with Crippen molar-refractivity contribution in [2.75, 3.05) is 4.90 Å². The Hall–Kier alpha value is -4.17. The van der Waals surface area contributed by atoms with E-state index in [2.05, 4.69) is 168 Å². The zero-order valence-electron chi connectivity index (χ0n) is 24.9. The first kappa shape index (κ1) is 27.4. The highest BCUT2D eigenvalue weighted by molar-refractivity contribution is 5.79. The molecule has 0 N–H and O–H groups in total. The summed E-state index contributed by atoms with van der Waals surface area (Å²) in [5, 5.41) is 0. The number of pyridine rings is 1. The maximum Gasteiger partial charge on any atom is 0.0708 e. The van der Waals surface area contributed by atoms with Gasteiger partial charge in [-0.2, -0.15) is 0 Å². The third-order valence-corrected chi connectivity index (χ3v) is 7.55. The average molecular weight is 525 g/mol. The highest BCUT2D eigenvalue weighted by atomic mass is 15.1. The topological polar surface area (TPSA) is 16.1 Å². The van der Waals surface area contributed by atoms with Crippen LogP contribution in [0, 0.1) is 6.92 Å². The fourth-order valence-electron chi connectivity index (χ4n) is 4.96.